The van der Waals surface area contributed by atoms with Crippen LogP contribution in [0.25, 0.3) is 76.5 Å². The van der Waals surface area contributed by atoms with Gasteiger partial charge in [-0.1, -0.05) is 140 Å². The fourth-order valence-corrected chi connectivity index (χ4v) is 7.62. The third-order valence-electron chi connectivity index (χ3n) is 10.0. The third kappa shape index (κ3) is 4.65. The van der Waals surface area contributed by atoms with Gasteiger partial charge in [0.25, 0.3) is 0 Å². The van der Waals surface area contributed by atoms with E-state index in [-0.39, 0.29) is 0 Å². The molecule has 0 saturated carbocycles. The van der Waals surface area contributed by atoms with Crippen molar-refractivity contribution in [2.24, 2.45) is 0 Å². The zero-order chi connectivity index (χ0) is 33.0. The number of furan rings is 1. The highest BCUT2D eigenvalue weighted by atomic mass is 16.3. The van der Waals surface area contributed by atoms with Gasteiger partial charge in [-0.15, -0.1) is 0 Å². The summed E-state index contributed by atoms with van der Waals surface area (Å²) < 4.78 is 6.16. The maximum absolute atomic E-state index is 6.16. The molecular formula is C48H31NO. The quantitative estimate of drug-likeness (QED) is 0.175. The standard InChI is InChI=1S/C48H31NO/c1-2-10-33(11-3-1)41-14-6-8-16-45(41)49(39-27-22-35-19-18-34-12-4-5-13-40(34)44(35)31-39)38-25-20-32(21-26-38)36-23-28-42-37(30-36)24-29-47-48(42)43-15-7-9-17-46(43)50-47/h1-31H. The molecule has 9 aromatic carbocycles. The van der Waals surface area contributed by atoms with Crippen LogP contribution in [0.5, 0.6) is 0 Å². The zero-order valence-corrected chi connectivity index (χ0v) is 27.3. The summed E-state index contributed by atoms with van der Waals surface area (Å²) in [6.45, 7) is 0. The first kappa shape index (κ1) is 28.4. The summed E-state index contributed by atoms with van der Waals surface area (Å²) in [7, 11) is 0. The molecule has 1 heterocycles. The molecule has 234 valence electrons. The van der Waals surface area contributed by atoms with Crippen molar-refractivity contribution in [1.29, 1.82) is 0 Å². The molecule has 10 aromatic rings. The highest BCUT2D eigenvalue weighted by Crippen LogP contribution is 2.43. The lowest BCUT2D eigenvalue weighted by Crippen LogP contribution is -2.11. The number of hydrogen-bond donors (Lipinski definition) is 0. The average molecular weight is 638 g/mol. The maximum Gasteiger partial charge on any atom is 0.136 e. The Hall–Kier alpha value is -6.64. The van der Waals surface area contributed by atoms with Crippen molar-refractivity contribution in [3.63, 3.8) is 0 Å². The largest absolute Gasteiger partial charge is 0.456 e. The van der Waals surface area contributed by atoms with Gasteiger partial charge < -0.3 is 9.32 Å². The number of hydrogen-bond acceptors (Lipinski definition) is 2. The molecule has 2 nitrogen and oxygen atoms in total. The minimum absolute atomic E-state index is 0.924. The average Bonchev–Trinajstić information content (AvgIpc) is 3.58. The molecule has 1 aromatic heterocycles. The number of benzene rings is 9. The first-order valence-electron chi connectivity index (χ1n) is 17.1. The van der Waals surface area contributed by atoms with Gasteiger partial charge in [0.2, 0.25) is 0 Å². The molecule has 0 atom stereocenters. The third-order valence-corrected chi connectivity index (χ3v) is 10.0. The van der Waals surface area contributed by atoms with Crippen LogP contribution >= 0.6 is 0 Å². The summed E-state index contributed by atoms with van der Waals surface area (Å²) in [5, 5.41) is 9.72. The summed E-state index contributed by atoms with van der Waals surface area (Å²) in [5.74, 6) is 0. The summed E-state index contributed by atoms with van der Waals surface area (Å²) in [6, 6.07) is 67.6. The minimum atomic E-state index is 0.924. The zero-order valence-electron chi connectivity index (χ0n) is 27.3. The van der Waals surface area contributed by atoms with E-state index in [0.717, 1.165) is 33.6 Å². The second-order valence-electron chi connectivity index (χ2n) is 12.9. The lowest BCUT2D eigenvalue weighted by Gasteiger charge is -2.28. The van der Waals surface area contributed by atoms with E-state index in [2.05, 4.69) is 181 Å². The molecule has 0 aliphatic rings. The second-order valence-corrected chi connectivity index (χ2v) is 12.9. The molecular weight excluding hydrogens is 607 g/mol. The molecule has 0 N–H and O–H groups in total. The molecule has 0 spiro atoms. The van der Waals surface area contributed by atoms with Gasteiger partial charge >= 0.3 is 0 Å². The fourth-order valence-electron chi connectivity index (χ4n) is 7.62. The molecule has 0 aliphatic heterocycles. The fraction of sp³-hybridized carbons (Fsp3) is 0. The van der Waals surface area contributed by atoms with E-state index in [0.29, 0.717) is 0 Å². The van der Waals surface area contributed by atoms with Gasteiger partial charge in [-0.25, -0.2) is 0 Å². The monoisotopic (exact) mass is 637 g/mol. The summed E-state index contributed by atoms with van der Waals surface area (Å²) in [5.41, 5.74) is 9.93. The second kappa shape index (κ2) is 11.5. The highest BCUT2D eigenvalue weighted by molar-refractivity contribution is 6.19. The van der Waals surface area contributed by atoms with Crippen LogP contribution in [0.1, 0.15) is 0 Å². The molecule has 0 radical (unpaired) electrons. The predicted octanol–water partition coefficient (Wildman–Crippen LogP) is 13.8. The van der Waals surface area contributed by atoms with Gasteiger partial charge in [-0.3, -0.25) is 0 Å². The van der Waals surface area contributed by atoms with Crippen LogP contribution in [0, 0.1) is 0 Å². The Morgan fingerprint density at radius 2 is 1.00 bits per heavy atom. The van der Waals surface area contributed by atoms with Crippen LogP contribution in [-0.2, 0) is 0 Å². The normalized spacial score (nSPS) is 11.6. The van der Waals surface area contributed by atoms with Gasteiger partial charge in [0.05, 0.1) is 5.69 Å². The van der Waals surface area contributed by atoms with Crippen molar-refractivity contribution in [3.8, 4) is 22.3 Å². The van der Waals surface area contributed by atoms with Crippen molar-refractivity contribution in [3.05, 3.63) is 188 Å². The Morgan fingerprint density at radius 3 is 1.88 bits per heavy atom. The Morgan fingerprint density at radius 1 is 0.340 bits per heavy atom. The van der Waals surface area contributed by atoms with E-state index in [1.165, 1.54) is 60.0 Å². The molecule has 10 rings (SSSR count). The van der Waals surface area contributed by atoms with Gasteiger partial charge in [0, 0.05) is 27.7 Å². The predicted molar refractivity (Wildman–Crippen MR) is 212 cm³/mol. The molecule has 0 amide bonds. The van der Waals surface area contributed by atoms with Crippen molar-refractivity contribution in [2.75, 3.05) is 4.90 Å². The Labute approximate surface area is 290 Å². The molecule has 0 unspecified atom stereocenters. The molecule has 2 heteroatoms. The lowest BCUT2D eigenvalue weighted by molar-refractivity contribution is 0.669. The van der Waals surface area contributed by atoms with Gasteiger partial charge in [-0.2, -0.15) is 0 Å². The van der Waals surface area contributed by atoms with Gasteiger partial charge in [-0.05, 0) is 97.5 Å². The first-order chi connectivity index (χ1) is 24.8. The van der Waals surface area contributed by atoms with E-state index in [1.54, 1.807) is 0 Å². The van der Waals surface area contributed by atoms with Crippen molar-refractivity contribution >= 4 is 71.3 Å². The van der Waals surface area contributed by atoms with E-state index < -0.39 is 0 Å². The van der Waals surface area contributed by atoms with Crippen LogP contribution in [0.4, 0.5) is 17.1 Å². The lowest BCUT2D eigenvalue weighted by atomic mass is 9.97. The maximum atomic E-state index is 6.16. The number of nitrogens with zero attached hydrogens (tertiary/aromatic N) is 1. The Balaban J connectivity index is 1.11. The first-order valence-corrected chi connectivity index (χ1v) is 17.1. The van der Waals surface area contributed by atoms with E-state index >= 15 is 0 Å². The number of para-hydroxylation sites is 2. The molecule has 0 bridgehead atoms. The Kier molecular flexibility index (Phi) is 6.53. The number of fused-ring (bicyclic) bond motifs is 8. The minimum Gasteiger partial charge on any atom is -0.456 e. The number of rotatable bonds is 5. The summed E-state index contributed by atoms with van der Waals surface area (Å²) >= 11 is 0. The molecule has 0 fully saturated rings. The van der Waals surface area contributed by atoms with E-state index in [4.69, 9.17) is 4.42 Å². The smallest absolute Gasteiger partial charge is 0.136 e. The summed E-state index contributed by atoms with van der Waals surface area (Å²) in [6.07, 6.45) is 0. The van der Waals surface area contributed by atoms with Crippen LogP contribution in [0.2, 0.25) is 0 Å². The van der Waals surface area contributed by atoms with Crippen LogP contribution in [-0.4, -0.2) is 0 Å². The SMILES string of the molecule is c1ccc(-c2ccccc2N(c2ccc(-c3ccc4c(ccc5oc6ccccc6c54)c3)cc2)c2ccc3ccc4ccccc4c3c2)cc1. The van der Waals surface area contributed by atoms with Crippen LogP contribution < -0.4 is 4.90 Å². The van der Waals surface area contributed by atoms with Gasteiger partial charge in [0.15, 0.2) is 0 Å². The van der Waals surface area contributed by atoms with Crippen molar-refractivity contribution in [1.82, 2.24) is 0 Å². The van der Waals surface area contributed by atoms with Crippen LogP contribution in [0.15, 0.2) is 192 Å². The van der Waals surface area contributed by atoms with Crippen molar-refractivity contribution in [2.45, 2.75) is 0 Å². The van der Waals surface area contributed by atoms with Crippen LogP contribution in [0.3, 0.4) is 0 Å². The molecule has 0 aliphatic carbocycles. The van der Waals surface area contributed by atoms with E-state index in [1.807, 2.05) is 12.1 Å². The van der Waals surface area contributed by atoms with Gasteiger partial charge in [0.1, 0.15) is 11.2 Å². The molecule has 0 saturated heterocycles. The Bertz CT molecular complexity index is 2870. The topological polar surface area (TPSA) is 16.4 Å². The van der Waals surface area contributed by atoms with Crippen molar-refractivity contribution < 1.29 is 4.42 Å². The highest BCUT2D eigenvalue weighted by Gasteiger charge is 2.18. The molecule has 50 heavy (non-hydrogen) atoms. The van der Waals surface area contributed by atoms with E-state index in [9.17, 15) is 0 Å². The number of anilines is 3. The summed E-state index contributed by atoms with van der Waals surface area (Å²) in [4.78, 5) is 2.40.